The maximum absolute atomic E-state index is 12.2. The van der Waals surface area contributed by atoms with Gasteiger partial charge in [-0.25, -0.2) is 14.8 Å². The first-order valence-electron chi connectivity index (χ1n) is 7.16. The summed E-state index contributed by atoms with van der Waals surface area (Å²) in [6.45, 7) is 0.750. The van der Waals surface area contributed by atoms with Gasteiger partial charge in [-0.1, -0.05) is 0 Å². The number of methoxy groups -OCH3 is 1. The monoisotopic (exact) mass is 290 g/mol. The maximum Gasteiger partial charge on any atom is 0.341 e. The number of anilines is 1. The highest BCUT2D eigenvalue weighted by Crippen LogP contribution is 2.24. The summed E-state index contributed by atoms with van der Waals surface area (Å²) in [7, 11) is 1.31. The number of ether oxygens (including phenoxy) is 1. The lowest BCUT2D eigenvalue weighted by Crippen LogP contribution is -2.44. The predicted octanol–water partition coefficient (Wildman–Crippen LogP) is 0.511. The van der Waals surface area contributed by atoms with Gasteiger partial charge in [-0.15, -0.1) is 0 Å². The number of hydrogen-bond donors (Lipinski definition) is 1. The van der Waals surface area contributed by atoms with Crippen LogP contribution in [-0.2, 0) is 9.53 Å². The van der Waals surface area contributed by atoms with E-state index in [1.165, 1.54) is 19.5 Å². The van der Waals surface area contributed by atoms with E-state index in [9.17, 15) is 9.59 Å². The van der Waals surface area contributed by atoms with Gasteiger partial charge in [0.15, 0.2) is 0 Å². The van der Waals surface area contributed by atoms with Crippen LogP contribution < -0.4 is 10.2 Å². The minimum absolute atomic E-state index is 0.0515. The lowest BCUT2D eigenvalue weighted by atomic mass is 10.2. The van der Waals surface area contributed by atoms with E-state index in [0.29, 0.717) is 17.6 Å². The summed E-state index contributed by atoms with van der Waals surface area (Å²) in [6, 6.07) is 0.136. The SMILES string of the molecule is COC(=O)c1cnc(N2CCCC2C(=O)NC2CC2)nc1. The van der Waals surface area contributed by atoms with E-state index >= 15 is 0 Å². The lowest BCUT2D eigenvalue weighted by Gasteiger charge is -2.23. The zero-order chi connectivity index (χ0) is 14.8. The first kappa shape index (κ1) is 13.8. The average molecular weight is 290 g/mol. The molecule has 2 heterocycles. The number of rotatable bonds is 4. The van der Waals surface area contributed by atoms with Crippen molar-refractivity contribution in [1.82, 2.24) is 15.3 Å². The van der Waals surface area contributed by atoms with Crippen LogP contribution in [0.4, 0.5) is 5.95 Å². The van der Waals surface area contributed by atoms with Crippen LogP contribution in [0.3, 0.4) is 0 Å². The Hall–Kier alpha value is -2.18. The second-order valence-corrected chi connectivity index (χ2v) is 5.40. The third kappa shape index (κ3) is 2.96. The second kappa shape index (κ2) is 5.67. The molecule has 1 N–H and O–H groups in total. The molecule has 3 rings (SSSR count). The van der Waals surface area contributed by atoms with Crippen LogP contribution in [0.15, 0.2) is 12.4 Å². The standard InChI is InChI=1S/C14H18N4O3/c1-21-13(20)9-7-15-14(16-8-9)18-6-2-3-11(18)12(19)17-10-4-5-10/h7-8,10-11H,2-6H2,1H3,(H,17,19). The van der Waals surface area contributed by atoms with Gasteiger partial charge in [-0.05, 0) is 25.7 Å². The molecule has 7 nitrogen and oxygen atoms in total. The molecule has 0 radical (unpaired) electrons. The summed E-state index contributed by atoms with van der Waals surface area (Å²) in [6.07, 6.45) is 6.75. The Labute approximate surface area is 122 Å². The van der Waals surface area contributed by atoms with Crippen molar-refractivity contribution in [1.29, 1.82) is 0 Å². The van der Waals surface area contributed by atoms with Crippen LogP contribution in [0.25, 0.3) is 0 Å². The Morgan fingerprint density at radius 3 is 2.62 bits per heavy atom. The molecular formula is C14H18N4O3. The highest BCUT2D eigenvalue weighted by Gasteiger charge is 2.35. The van der Waals surface area contributed by atoms with Gasteiger partial charge in [0.1, 0.15) is 6.04 Å². The molecule has 0 bridgehead atoms. The van der Waals surface area contributed by atoms with Crippen molar-refractivity contribution in [2.45, 2.75) is 37.8 Å². The Bertz CT molecular complexity index is 542. The molecule has 1 aromatic heterocycles. The molecule has 2 fully saturated rings. The minimum Gasteiger partial charge on any atom is -0.465 e. The number of esters is 1. The molecule has 112 valence electrons. The van der Waals surface area contributed by atoms with E-state index < -0.39 is 5.97 Å². The van der Waals surface area contributed by atoms with Gasteiger partial charge in [-0.2, -0.15) is 0 Å². The van der Waals surface area contributed by atoms with E-state index in [0.717, 1.165) is 32.2 Å². The predicted molar refractivity (Wildman–Crippen MR) is 74.9 cm³/mol. The first-order valence-corrected chi connectivity index (χ1v) is 7.16. The Kier molecular flexibility index (Phi) is 3.72. The molecule has 1 aliphatic heterocycles. The third-order valence-corrected chi connectivity index (χ3v) is 3.80. The summed E-state index contributed by atoms with van der Waals surface area (Å²) in [5.74, 6) is 0.0674. The van der Waals surface area contributed by atoms with Gasteiger partial charge in [0.05, 0.1) is 12.7 Å². The average Bonchev–Trinajstić information content (AvgIpc) is 3.18. The number of amides is 1. The molecule has 7 heteroatoms. The molecule has 1 aliphatic carbocycles. The lowest BCUT2D eigenvalue weighted by molar-refractivity contribution is -0.122. The van der Waals surface area contributed by atoms with Gasteiger partial charge >= 0.3 is 5.97 Å². The fourth-order valence-corrected chi connectivity index (χ4v) is 2.50. The first-order chi connectivity index (χ1) is 10.2. The largest absolute Gasteiger partial charge is 0.465 e. The fraction of sp³-hybridized carbons (Fsp3) is 0.571. The number of carbonyl (C=O) groups is 2. The summed E-state index contributed by atoms with van der Waals surface area (Å²) < 4.78 is 4.61. The number of hydrogen-bond acceptors (Lipinski definition) is 6. The molecule has 1 unspecified atom stereocenters. The zero-order valence-corrected chi connectivity index (χ0v) is 11.9. The number of nitrogens with one attached hydrogen (secondary N) is 1. The van der Waals surface area contributed by atoms with Crippen molar-refractivity contribution in [3.05, 3.63) is 18.0 Å². The number of aromatic nitrogens is 2. The van der Waals surface area contributed by atoms with Gasteiger partial charge < -0.3 is 15.0 Å². The Morgan fingerprint density at radius 1 is 1.29 bits per heavy atom. The molecule has 21 heavy (non-hydrogen) atoms. The van der Waals surface area contributed by atoms with Crippen molar-refractivity contribution in [3.8, 4) is 0 Å². The van der Waals surface area contributed by atoms with Crippen LogP contribution in [0.2, 0.25) is 0 Å². The highest BCUT2D eigenvalue weighted by atomic mass is 16.5. The molecule has 0 aromatic carbocycles. The molecule has 1 saturated heterocycles. The van der Waals surface area contributed by atoms with Crippen molar-refractivity contribution in [3.63, 3.8) is 0 Å². The van der Waals surface area contributed by atoms with Crippen LogP contribution in [0.5, 0.6) is 0 Å². The van der Waals surface area contributed by atoms with Crippen molar-refractivity contribution < 1.29 is 14.3 Å². The maximum atomic E-state index is 12.2. The highest BCUT2D eigenvalue weighted by molar-refractivity contribution is 5.89. The molecule has 1 saturated carbocycles. The van der Waals surface area contributed by atoms with E-state index in [1.54, 1.807) is 0 Å². The smallest absolute Gasteiger partial charge is 0.341 e. The zero-order valence-electron chi connectivity index (χ0n) is 11.9. The van der Waals surface area contributed by atoms with Crippen LogP contribution in [0, 0.1) is 0 Å². The van der Waals surface area contributed by atoms with Gasteiger partial charge in [0, 0.05) is 25.0 Å². The quantitative estimate of drug-likeness (QED) is 0.813. The topological polar surface area (TPSA) is 84.4 Å². The Morgan fingerprint density at radius 2 is 2.00 bits per heavy atom. The Balaban J connectivity index is 1.71. The number of carbonyl (C=O) groups excluding carboxylic acids is 2. The third-order valence-electron chi connectivity index (χ3n) is 3.80. The summed E-state index contributed by atoms with van der Waals surface area (Å²) >= 11 is 0. The minimum atomic E-state index is -0.467. The van der Waals surface area contributed by atoms with Gasteiger partial charge in [0.2, 0.25) is 11.9 Å². The molecule has 1 aromatic rings. The second-order valence-electron chi connectivity index (χ2n) is 5.40. The molecule has 1 atom stereocenters. The summed E-state index contributed by atoms with van der Waals surface area (Å²) in [5, 5.41) is 3.02. The molecular weight excluding hydrogens is 272 g/mol. The normalized spacial score (nSPS) is 21.2. The van der Waals surface area contributed by atoms with Crippen LogP contribution in [-0.4, -0.2) is 47.6 Å². The van der Waals surface area contributed by atoms with Crippen molar-refractivity contribution in [2.75, 3.05) is 18.6 Å². The van der Waals surface area contributed by atoms with E-state index in [4.69, 9.17) is 0 Å². The summed E-state index contributed by atoms with van der Waals surface area (Å²) in [5.41, 5.74) is 0.305. The van der Waals surface area contributed by atoms with Gasteiger partial charge in [-0.3, -0.25) is 4.79 Å². The fourth-order valence-electron chi connectivity index (χ4n) is 2.50. The van der Waals surface area contributed by atoms with Gasteiger partial charge in [0.25, 0.3) is 0 Å². The van der Waals surface area contributed by atoms with E-state index in [1.807, 2.05) is 4.90 Å². The van der Waals surface area contributed by atoms with Crippen LogP contribution in [0.1, 0.15) is 36.0 Å². The van der Waals surface area contributed by atoms with Crippen molar-refractivity contribution in [2.24, 2.45) is 0 Å². The molecule has 1 amide bonds. The van der Waals surface area contributed by atoms with E-state index in [2.05, 4.69) is 20.0 Å². The molecule has 0 spiro atoms. The molecule has 2 aliphatic rings. The van der Waals surface area contributed by atoms with Crippen molar-refractivity contribution >= 4 is 17.8 Å². The van der Waals surface area contributed by atoms with E-state index in [-0.39, 0.29) is 11.9 Å². The number of nitrogens with zero attached hydrogens (tertiary/aromatic N) is 3. The van der Waals surface area contributed by atoms with Crippen LogP contribution >= 0.6 is 0 Å². The summed E-state index contributed by atoms with van der Waals surface area (Å²) in [4.78, 5) is 33.9.